The maximum Gasteiger partial charge on any atom is 0.317 e. The summed E-state index contributed by atoms with van der Waals surface area (Å²) in [6, 6.07) is 31.4. The number of nitrogens with one attached hydrogen (secondary N) is 3. The number of aliphatic carboxylic acids is 1. The van der Waals surface area contributed by atoms with Crippen LogP contribution in [-0.2, 0) is 35.1 Å². The average molecular weight is 995 g/mol. The molecule has 1 aliphatic heterocycles. The number of thiol groups is 1. The van der Waals surface area contributed by atoms with Crippen molar-refractivity contribution in [1.82, 2.24) is 15.1 Å². The Bertz CT molecular complexity index is 2720. The third kappa shape index (κ3) is 17.1. The highest BCUT2D eigenvalue weighted by Gasteiger charge is 2.21. The van der Waals surface area contributed by atoms with E-state index in [1.54, 1.807) is 59.5 Å². The van der Waals surface area contributed by atoms with Crippen molar-refractivity contribution in [3.63, 3.8) is 0 Å². The van der Waals surface area contributed by atoms with Gasteiger partial charge in [-0.2, -0.15) is 0 Å². The van der Waals surface area contributed by atoms with E-state index in [0.29, 0.717) is 61.5 Å². The van der Waals surface area contributed by atoms with Gasteiger partial charge in [-0.05, 0) is 115 Å². The van der Waals surface area contributed by atoms with Gasteiger partial charge in [-0.25, -0.2) is 0 Å². The Hall–Kier alpha value is -6.16. The highest BCUT2D eigenvalue weighted by molar-refractivity contribution is 7.97. The number of phenolic OH excluding ortho intramolecular Hbond substituents is 1. The molecule has 1 heterocycles. The number of hydrogen-bond acceptors (Lipinski definition) is 15. The molecule has 0 atom stereocenters. The first-order valence-electron chi connectivity index (χ1n) is 22.1. The maximum atomic E-state index is 13.2. The molecular weight excluding hydrogens is 941 g/mol. The molecule has 4 aromatic rings. The zero-order chi connectivity index (χ0) is 49.1. The number of nitrogens with zero attached hydrogens (tertiary/aromatic N) is 2. The minimum atomic E-state index is -1.12. The highest BCUT2D eigenvalue weighted by atomic mass is 32.2. The minimum absolute atomic E-state index is 0.0325. The summed E-state index contributed by atoms with van der Waals surface area (Å²) in [5, 5.41) is 35.5. The maximum absolute atomic E-state index is 13.2. The van der Waals surface area contributed by atoms with Crippen molar-refractivity contribution in [3.8, 4) is 28.2 Å². The molecule has 4 aromatic carbocycles. The van der Waals surface area contributed by atoms with E-state index in [2.05, 4.69) is 28.6 Å². The second-order valence-electron chi connectivity index (χ2n) is 16.0. The van der Waals surface area contributed by atoms with Gasteiger partial charge in [0, 0.05) is 88.9 Å². The van der Waals surface area contributed by atoms with Gasteiger partial charge in [0.1, 0.15) is 22.9 Å². The Balaban J connectivity index is 0.890. The van der Waals surface area contributed by atoms with E-state index in [-0.39, 0.29) is 68.3 Å². The van der Waals surface area contributed by atoms with Gasteiger partial charge < -0.3 is 40.1 Å². The van der Waals surface area contributed by atoms with E-state index in [1.807, 2.05) is 36.4 Å². The summed E-state index contributed by atoms with van der Waals surface area (Å²) < 4.78 is 17.3. The lowest BCUT2D eigenvalue weighted by molar-refractivity contribution is -0.139. The van der Waals surface area contributed by atoms with Crippen LogP contribution in [0.2, 0.25) is 0 Å². The molecule has 1 aliphatic carbocycles. The number of carbonyl (C=O) groups excluding carboxylic acids is 3. The predicted octanol–water partition coefficient (Wildman–Crippen LogP) is 6.33. The molecule has 19 heteroatoms. The molecule has 2 aliphatic rings. The van der Waals surface area contributed by atoms with Gasteiger partial charge in [0.2, 0.25) is 5.91 Å². The van der Waals surface area contributed by atoms with Crippen LogP contribution in [0.25, 0.3) is 33.4 Å². The molecule has 0 fully saturated rings. The fourth-order valence-corrected chi connectivity index (χ4v) is 8.06. The van der Waals surface area contributed by atoms with E-state index in [4.69, 9.17) is 31.2 Å². The average Bonchev–Trinajstić information content (AvgIpc) is 3.31. The van der Waals surface area contributed by atoms with Gasteiger partial charge in [-0.15, -0.1) is 12.6 Å². The summed E-state index contributed by atoms with van der Waals surface area (Å²) in [6.45, 7) is 1.40. The van der Waals surface area contributed by atoms with E-state index >= 15 is 0 Å². The first-order valence-corrected chi connectivity index (χ1v) is 23.8. The summed E-state index contributed by atoms with van der Waals surface area (Å²) in [6.07, 6.45) is 0.813. The predicted molar refractivity (Wildman–Crippen MR) is 274 cm³/mol. The Kier molecular flexibility index (Phi) is 20.1. The van der Waals surface area contributed by atoms with Gasteiger partial charge in [-0.3, -0.25) is 38.9 Å². The van der Waals surface area contributed by atoms with Crippen LogP contribution in [0.3, 0.4) is 0 Å². The third-order valence-corrected chi connectivity index (χ3v) is 11.7. The van der Waals surface area contributed by atoms with Gasteiger partial charge in [0.25, 0.3) is 0 Å². The number of benzene rings is 5. The van der Waals surface area contributed by atoms with Gasteiger partial charge >= 0.3 is 5.97 Å². The number of ether oxygens (including phenoxy) is 2. The number of carboxylic acids is 1. The lowest BCUT2D eigenvalue weighted by atomic mass is 9.93. The van der Waals surface area contributed by atoms with Crippen LogP contribution in [0.4, 0.5) is 11.4 Å². The largest absolute Gasteiger partial charge is 0.508 e. The van der Waals surface area contributed by atoms with Crippen molar-refractivity contribution < 1.29 is 43.3 Å². The van der Waals surface area contributed by atoms with Crippen LogP contribution in [0, 0.1) is 0 Å². The highest BCUT2D eigenvalue weighted by Crippen LogP contribution is 2.40. The molecule has 1 amide bonds. The number of hydrogen-bond donors (Lipinski definition) is 7. The molecule has 0 saturated heterocycles. The topological polar surface area (TPSA) is 226 Å². The SMILES string of the molecule is NSc1ccc(NC(=O)CN(CCN(CC(=O)CCCOCCOCCNC(=S)Nc2ccc(-c3c4ccc(=O)cc-4oc4cc(O)ccc34)cc2)CC(=O)Cc2ccc(S)cc2)CC(=O)O)cc1. The van der Waals surface area contributed by atoms with Crippen molar-refractivity contribution in [1.29, 1.82) is 0 Å². The molecular formula is C50H54N6O10S3. The Labute approximate surface area is 414 Å². The molecule has 7 N–H and O–H groups in total. The number of phenols is 1. The van der Waals surface area contributed by atoms with Crippen LogP contribution >= 0.6 is 36.8 Å². The van der Waals surface area contributed by atoms with E-state index in [9.17, 15) is 34.2 Å². The zero-order valence-electron chi connectivity index (χ0n) is 37.7. The normalized spacial score (nSPS) is 11.3. The van der Waals surface area contributed by atoms with Crippen LogP contribution in [0.15, 0.2) is 128 Å². The molecule has 6 rings (SSSR count). The lowest BCUT2D eigenvalue weighted by Crippen LogP contribution is -2.44. The van der Waals surface area contributed by atoms with E-state index in [0.717, 1.165) is 55.1 Å². The van der Waals surface area contributed by atoms with Crippen LogP contribution in [-0.4, -0.2) is 121 Å². The Morgan fingerprint density at radius 3 is 2.13 bits per heavy atom. The number of anilines is 2. The number of aromatic hydroxyl groups is 1. The van der Waals surface area contributed by atoms with Gasteiger partial charge in [-0.1, -0.05) is 24.3 Å². The van der Waals surface area contributed by atoms with Crippen LogP contribution in [0.1, 0.15) is 18.4 Å². The van der Waals surface area contributed by atoms with Crippen LogP contribution < -0.4 is 26.5 Å². The summed E-state index contributed by atoms with van der Waals surface area (Å²) in [5.41, 5.74) is 4.92. The summed E-state index contributed by atoms with van der Waals surface area (Å²) in [7, 11) is 0. The molecule has 69 heavy (non-hydrogen) atoms. The first-order chi connectivity index (χ1) is 33.3. The second kappa shape index (κ2) is 26.6. The number of ketones is 2. The smallest absolute Gasteiger partial charge is 0.317 e. The van der Waals surface area contributed by atoms with Crippen molar-refractivity contribution in [2.45, 2.75) is 29.1 Å². The molecule has 0 saturated carbocycles. The zero-order valence-corrected chi connectivity index (χ0v) is 40.2. The van der Waals surface area contributed by atoms with Crippen molar-refractivity contribution in [3.05, 3.63) is 125 Å². The lowest BCUT2D eigenvalue weighted by Gasteiger charge is -2.26. The van der Waals surface area contributed by atoms with Gasteiger partial charge in [0.15, 0.2) is 16.3 Å². The number of Topliss-reactive ketones (excluding diaryl/α,β-unsaturated/α-hetero) is 2. The quantitative estimate of drug-likeness (QED) is 0.00984. The molecule has 0 radical (unpaired) electrons. The molecule has 362 valence electrons. The number of nitrogens with two attached hydrogens (primary N) is 1. The number of amides is 1. The molecule has 16 nitrogen and oxygen atoms in total. The first kappa shape index (κ1) is 52.2. The van der Waals surface area contributed by atoms with E-state index < -0.39 is 18.4 Å². The number of rotatable bonds is 27. The van der Waals surface area contributed by atoms with Crippen molar-refractivity contribution in [2.24, 2.45) is 5.14 Å². The molecule has 0 unspecified atom stereocenters. The minimum Gasteiger partial charge on any atom is -0.508 e. The third-order valence-electron chi connectivity index (χ3n) is 10.6. The van der Waals surface area contributed by atoms with Crippen molar-refractivity contribution in [2.75, 3.05) is 82.9 Å². The number of thiocarbonyl (C=S) groups is 1. The number of fused-ring (bicyclic) bond motifs is 2. The fraction of sp³-hybridized carbons (Fsp3) is 0.280. The standard InChI is InChI=1S/C50H54N6O10S3/c51-69-42-15-9-35(10-16-42)53-47(61)31-56(32-48(62)63)21-20-55(30-40(60)26-33-3-13-41(67)14-4-33)29-39(59)2-1-22-64-24-25-65-23-19-52-50(68)54-36-7-5-34(6-8-36)49-43-17-11-37(57)27-45(43)66-46-28-38(58)12-18-44(46)49/h3-18,27-28,57,67H,1-2,19-26,29-32,51H2,(H,53,61)(H,62,63)(H2,52,54,68). The Morgan fingerprint density at radius 1 is 0.754 bits per heavy atom. The molecule has 0 aromatic heterocycles. The Morgan fingerprint density at radius 2 is 1.42 bits per heavy atom. The molecule has 0 bridgehead atoms. The summed E-state index contributed by atoms with van der Waals surface area (Å²) in [5.74, 6) is -1.27. The van der Waals surface area contributed by atoms with Gasteiger partial charge in [0.05, 0.1) is 46.0 Å². The number of carbonyl (C=O) groups is 4. The van der Waals surface area contributed by atoms with E-state index in [1.165, 1.54) is 23.1 Å². The summed E-state index contributed by atoms with van der Waals surface area (Å²) in [4.78, 5) is 67.8. The molecule has 0 spiro atoms. The number of carboxylic acid groups (broad SMARTS) is 1. The second-order valence-corrected chi connectivity index (χ2v) is 17.7. The summed E-state index contributed by atoms with van der Waals surface area (Å²) >= 11 is 10.9. The fourth-order valence-electron chi connectivity index (χ4n) is 7.39. The van der Waals surface area contributed by atoms with Crippen LogP contribution in [0.5, 0.6) is 5.75 Å². The monoisotopic (exact) mass is 994 g/mol. The van der Waals surface area contributed by atoms with Crippen molar-refractivity contribution >= 4 is 87.7 Å².